The number of hydrogen-bond acceptors (Lipinski definition) is 5. The summed E-state index contributed by atoms with van der Waals surface area (Å²) in [5, 5.41) is 8.82. The zero-order chi connectivity index (χ0) is 14.9. The Balaban J connectivity index is 1.96. The maximum atomic E-state index is 11.6. The summed E-state index contributed by atoms with van der Waals surface area (Å²) < 4.78 is 25.0. The van der Waals surface area contributed by atoms with Crippen LogP contribution in [0.25, 0.3) is 10.9 Å². The molecular formula is C15H13N3O2S. The van der Waals surface area contributed by atoms with Gasteiger partial charge in [0.15, 0.2) is 5.75 Å². The predicted molar refractivity (Wildman–Crippen MR) is 81.1 cm³/mol. The van der Waals surface area contributed by atoms with Gasteiger partial charge in [-0.05, 0) is 36.4 Å². The lowest BCUT2D eigenvalue weighted by atomic mass is 10.2. The molecule has 0 saturated carbocycles. The van der Waals surface area contributed by atoms with Crippen molar-refractivity contribution in [3.05, 3.63) is 54.7 Å². The van der Waals surface area contributed by atoms with Crippen LogP contribution in [0.3, 0.4) is 0 Å². The van der Waals surface area contributed by atoms with Crippen molar-refractivity contribution in [3.63, 3.8) is 0 Å². The third kappa shape index (κ3) is 2.85. The standard InChI is InChI=1S/C15H13N3O2S/c1-21(16,19)12-8-6-11(7-9-12)20-15-10-17-18-14-5-3-2-4-13(14)15/h2-10,16H,1H3. The molecule has 21 heavy (non-hydrogen) atoms. The Labute approximate surface area is 122 Å². The van der Waals surface area contributed by atoms with Gasteiger partial charge in [-0.3, -0.25) is 0 Å². The summed E-state index contributed by atoms with van der Waals surface area (Å²) >= 11 is 0. The number of nitrogens with zero attached hydrogens (tertiary/aromatic N) is 2. The minimum absolute atomic E-state index is 0.479. The van der Waals surface area contributed by atoms with Gasteiger partial charge in [0.05, 0.1) is 21.4 Å². The fourth-order valence-electron chi connectivity index (χ4n) is 1.96. The maximum Gasteiger partial charge on any atom is 0.156 e. The normalized spacial score (nSPS) is 13.8. The number of ether oxygens (including phenoxy) is 1. The van der Waals surface area contributed by atoms with Crippen LogP contribution in [0.2, 0.25) is 0 Å². The van der Waals surface area contributed by atoms with Crippen molar-refractivity contribution in [2.24, 2.45) is 0 Å². The Morgan fingerprint density at radius 3 is 2.52 bits per heavy atom. The Bertz CT molecular complexity index is 885. The first-order chi connectivity index (χ1) is 10.0. The van der Waals surface area contributed by atoms with Crippen molar-refractivity contribution in [1.82, 2.24) is 10.2 Å². The molecule has 0 radical (unpaired) electrons. The molecule has 106 valence electrons. The molecule has 1 unspecified atom stereocenters. The van der Waals surface area contributed by atoms with Crippen LogP contribution < -0.4 is 4.74 Å². The highest BCUT2D eigenvalue weighted by Gasteiger charge is 2.06. The van der Waals surface area contributed by atoms with Crippen LogP contribution in [-0.4, -0.2) is 20.7 Å². The van der Waals surface area contributed by atoms with Crippen LogP contribution in [0.4, 0.5) is 0 Å². The average molecular weight is 299 g/mol. The minimum Gasteiger partial charge on any atom is -0.455 e. The van der Waals surface area contributed by atoms with Crippen molar-refractivity contribution >= 4 is 20.6 Å². The van der Waals surface area contributed by atoms with Gasteiger partial charge < -0.3 is 4.74 Å². The van der Waals surface area contributed by atoms with Crippen LogP contribution in [0.15, 0.2) is 59.6 Å². The second-order valence-corrected chi connectivity index (χ2v) is 6.80. The molecular weight excluding hydrogens is 286 g/mol. The van der Waals surface area contributed by atoms with E-state index in [4.69, 9.17) is 9.52 Å². The lowest BCUT2D eigenvalue weighted by Gasteiger charge is -2.08. The fraction of sp³-hybridized carbons (Fsp3) is 0.0667. The van der Waals surface area contributed by atoms with E-state index in [2.05, 4.69) is 10.2 Å². The van der Waals surface area contributed by atoms with Gasteiger partial charge in [0.2, 0.25) is 0 Å². The van der Waals surface area contributed by atoms with Gasteiger partial charge in [0.25, 0.3) is 0 Å². The summed E-state index contributed by atoms with van der Waals surface area (Å²) in [7, 11) is -2.71. The van der Waals surface area contributed by atoms with Crippen molar-refractivity contribution in [2.45, 2.75) is 4.90 Å². The Morgan fingerprint density at radius 1 is 1.10 bits per heavy atom. The van der Waals surface area contributed by atoms with E-state index in [0.717, 1.165) is 10.9 Å². The van der Waals surface area contributed by atoms with Crippen molar-refractivity contribution < 1.29 is 8.95 Å². The smallest absolute Gasteiger partial charge is 0.156 e. The first-order valence-corrected chi connectivity index (χ1v) is 8.23. The van der Waals surface area contributed by atoms with E-state index in [1.807, 2.05) is 24.3 Å². The first-order valence-electron chi connectivity index (χ1n) is 6.26. The molecule has 0 amide bonds. The van der Waals surface area contributed by atoms with E-state index in [1.165, 1.54) is 6.26 Å². The molecule has 3 rings (SSSR count). The van der Waals surface area contributed by atoms with Gasteiger partial charge in [-0.2, -0.15) is 10.2 Å². The van der Waals surface area contributed by atoms with E-state index >= 15 is 0 Å². The Kier molecular flexibility index (Phi) is 3.31. The molecule has 3 aromatic rings. The monoisotopic (exact) mass is 299 g/mol. The number of aromatic nitrogens is 2. The Hall–Kier alpha value is -2.47. The van der Waals surface area contributed by atoms with Crippen LogP contribution in [-0.2, 0) is 9.73 Å². The number of hydrogen-bond donors (Lipinski definition) is 1. The number of rotatable bonds is 3. The quantitative estimate of drug-likeness (QED) is 0.803. The second-order valence-electron chi connectivity index (χ2n) is 4.64. The zero-order valence-corrected chi connectivity index (χ0v) is 12.1. The van der Waals surface area contributed by atoms with Crippen molar-refractivity contribution in [3.8, 4) is 11.5 Å². The zero-order valence-electron chi connectivity index (χ0n) is 11.3. The summed E-state index contributed by atoms with van der Waals surface area (Å²) in [5.74, 6) is 1.21. The van der Waals surface area contributed by atoms with Crippen molar-refractivity contribution in [2.75, 3.05) is 6.26 Å². The lowest BCUT2D eigenvalue weighted by Crippen LogP contribution is -1.95. The molecule has 1 N–H and O–H groups in total. The largest absolute Gasteiger partial charge is 0.455 e. The third-order valence-electron chi connectivity index (χ3n) is 3.01. The topological polar surface area (TPSA) is 75.9 Å². The third-order valence-corrected chi connectivity index (χ3v) is 4.18. The molecule has 0 fully saturated rings. The van der Waals surface area contributed by atoms with E-state index in [1.54, 1.807) is 30.5 Å². The van der Waals surface area contributed by atoms with Crippen LogP contribution in [0, 0.1) is 4.78 Å². The summed E-state index contributed by atoms with van der Waals surface area (Å²) in [5.41, 5.74) is 0.759. The second kappa shape index (κ2) is 5.14. The van der Waals surface area contributed by atoms with Gasteiger partial charge in [-0.25, -0.2) is 8.99 Å². The highest BCUT2D eigenvalue weighted by Crippen LogP contribution is 2.28. The van der Waals surface area contributed by atoms with E-state index in [0.29, 0.717) is 16.4 Å². The number of fused-ring (bicyclic) bond motifs is 1. The molecule has 5 nitrogen and oxygen atoms in total. The first kappa shape index (κ1) is 13.5. The van der Waals surface area contributed by atoms with E-state index in [9.17, 15) is 4.21 Å². The minimum atomic E-state index is -2.71. The molecule has 1 heterocycles. The van der Waals surface area contributed by atoms with Crippen LogP contribution in [0.5, 0.6) is 11.5 Å². The van der Waals surface area contributed by atoms with Gasteiger partial charge in [-0.15, -0.1) is 0 Å². The number of nitrogens with one attached hydrogen (secondary N) is 1. The predicted octanol–water partition coefficient (Wildman–Crippen LogP) is 3.46. The molecule has 0 spiro atoms. The van der Waals surface area contributed by atoms with Gasteiger partial charge in [0.1, 0.15) is 5.75 Å². The van der Waals surface area contributed by atoms with Crippen molar-refractivity contribution in [1.29, 1.82) is 4.78 Å². The highest BCUT2D eigenvalue weighted by molar-refractivity contribution is 7.91. The average Bonchev–Trinajstić information content (AvgIpc) is 2.47. The van der Waals surface area contributed by atoms with Crippen LogP contribution in [0.1, 0.15) is 0 Å². The highest BCUT2D eigenvalue weighted by atomic mass is 32.2. The molecule has 0 aliphatic carbocycles. The van der Waals surface area contributed by atoms with Crippen LogP contribution >= 0.6 is 0 Å². The number of benzene rings is 2. The molecule has 0 saturated heterocycles. The maximum absolute atomic E-state index is 11.6. The van der Waals surface area contributed by atoms with Gasteiger partial charge in [0, 0.05) is 16.5 Å². The molecule has 2 aromatic carbocycles. The molecule has 0 aliphatic heterocycles. The lowest BCUT2D eigenvalue weighted by molar-refractivity contribution is 0.484. The molecule has 0 bridgehead atoms. The summed E-state index contributed by atoms with van der Waals surface area (Å²) in [6, 6.07) is 14.3. The molecule has 1 atom stereocenters. The van der Waals surface area contributed by atoms with E-state index < -0.39 is 9.73 Å². The van der Waals surface area contributed by atoms with Gasteiger partial charge >= 0.3 is 0 Å². The van der Waals surface area contributed by atoms with Gasteiger partial charge in [-0.1, -0.05) is 12.1 Å². The molecule has 0 aliphatic rings. The molecule has 6 heteroatoms. The summed E-state index contributed by atoms with van der Waals surface area (Å²) in [4.78, 5) is 0.479. The molecule has 1 aromatic heterocycles. The summed E-state index contributed by atoms with van der Waals surface area (Å²) in [6.07, 6.45) is 2.95. The SMILES string of the molecule is CS(=N)(=O)c1ccc(Oc2cnnc3ccccc23)cc1. The Morgan fingerprint density at radius 2 is 1.81 bits per heavy atom. The summed E-state index contributed by atoms with van der Waals surface area (Å²) in [6.45, 7) is 0. The van der Waals surface area contributed by atoms with E-state index in [-0.39, 0.29) is 0 Å². The fourth-order valence-corrected chi connectivity index (χ4v) is 2.61.